The molecule has 0 aliphatic carbocycles. The van der Waals surface area contributed by atoms with Crippen LogP contribution in [0.5, 0.6) is 0 Å². The summed E-state index contributed by atoms with van der Waals surface area (Å²) in [4.78, 5) is 14.1. The first-order valence-corrected chi connectivity index (χ1v) is 2.78. The molecule has 0 atom stereocenters. The number of carboxylic acid groups (broad SMARTS) is 1. The van der Waals surface area contributed by atoms with E-state index in [2.05, 4.69) is 10.3 Å². The fourth-order valence-electron chi connectivity index (χ4n) is 0.257. The van der Waals surface area contributed by atoms with Crippen molar-refractivity contribution in [1.29, 1.82) is 0 Å². The van der Waals surface area contributed by atoms with Gasteiger partial charge in [0.2, 0.25) is 0 Å². The maximum absolute atomic E-state index is 9.78. The van der Waals surface area contributed by atoms with Crippen molar-refractivity contribution in [1.82, 2.24) is 5.48 Å². The van der Waals surface area contributed by atoms with Gasteiger partial charge in [0.1, 0.15) is 0 Å². The third-order valence-corrected chi connectivity index (χ3v) is 0.594. The van der Waals surface area contributed by atoms with Crippen LogP contribution >= 0.6 is 0 Å². The van der Waals surface area contributed by atoms with E-state index in [0.29, 0.717) is 6.54 Å². The van der Waals surface area contributed by atoms with Crippen LogP contribution in [0.15, 0.2) is 0 Å². The van der Waals surface area contributed by atoms with Crippen LogP contribution in [0.4, 0.5) is 0 Å². The number of carboxylic acids is 1. The summed E-state index contributed by atoms with van der Waals surface area (Å²) in [6.45, 7) is 2.17. The van der Waals surface area contributed by atoms with Gasteiger partial charge in [-0.1, -0.05) is 12.4 Å². The van der Waals surface area contributed by atoms with Gasteiger partial charge in [-0.2, -0.15) is 0 Å². The van der Waals surface area contributed by atoms with Gasteiger partial charge in [0, 0.05) is 6.54 Å². The minimum Gasteiger partial charge on any atom is -0.479 e. The molecule has 0 aliphatic rings. The van der Waals surface area contributed by atoms with Gasteiger partial charge in [-0.25, -0.2) is 4.79 Å². The zero-order chi connectivity index (χ0) is 7.11. The van der Waals surface area contributed by atoms with Gasteiger partial charge in [-0.15, -0.1) is 0 Å². The zero-order valence-electron chi connectivity index (χ0n) is 5.33. The zero-order valence-corrected chi connectivity index (χ0v) is 5.33. The molecule has 0 saturated carbocycles. The maximum atomic E-state index is 9.78. The molecule has 9 heavy (non-hydrogen) atoms. The van der Waals surface area contributed by atoms with Crippen LogP contribution in [0.2, 0.25) is 0 Å². The van der Waals surface area contributed by atoms with Crippen molar-refractivity contribution in [2.24, 2.45) is 0 Å². The lowest BCUT2D eigenvalue weighted by molar-refractivity contribution is -0.145. The van der Waals surface area contributed by atoms with Gasteiger partial charge in [0.05, 0.1) is 0 Å². The first-order valence-electron chi connectivity index (χ1n) is 2.78. The molecule has 1 N–H and O–H groups in total. The quantitative estimate of drug-likeness (QED) is 0.423. The van der Waals surface area contributed by atoms with Crippen molar-refractivity contribution in [2.75, 3.05) is 13.2 Å². The maximum Gasteiger partial charge on any atom is 0.331 e. The molecule has 0 saturated heterocycles. The molecule has 4 nitrogen and oxygen atoms in total. The molecule has 4 heteroatoms. The second-order valence-corrected chi connectivity index (χ2v) is 1.52. The van der Waals surface area contributed by atoms with E-state index in [1.807, 2.05) is 6.92 Å². The number of hydrogen-bond donors (Lipinski definition) is 1. The topological polar surface area (TPSA) is 60.6 Å². The summed E-state index contributed by atoms with van der Waals surface area (Å²) in [5.41, 5.74) is 3.45. The van der Waals surface area contributed by atoms with Crippen molar-refractivity contribution in [3.63, 3.8) is 0 Å². The predicted octanol–water partition coefficient (Wildman–Crippen LogP) is 0.0170. The largest absolute Gasteiger partial charge is 0.479 e. The van der Waals surface area contributed by atoms with Crippen molar-refractivity contribution in [3.8, 4) is 0 Å². The molecule has 0 rings (SSSR count). The molecule has 0 unspecified atom stereocenters. The second kappa shape index (κ2) is 5.53. The summed E-state index contributed by atoms with van der Waals surface area (Å²) in [5, 5.41) is 8.03. The van der Waals surface area contributed by atoms with Crippen molar-refractivity contribution < 1.29 is 14.7 Å². The minimum atomic E-state index is -0.991. The summed E-state index contributed by atoms with van der Waals surface area (Å²) in [6.07, 6.45) is 0.875. The molecule has 0 aliphatic heterocycles. The summed E-state index contributed by atoms with van der Waals surface area (Å²) >= 11 is 0. The van der Waals surface area contributed by atoms with E-state index in [4.69, 9.17) is 5.11 Å². The summed E-state index contributed by atoms with van der Waals surface area (Å²) in [7, 11) is 0. The smallest absolute Gasteiger partial charge is 0.331 e. The second-order valence-electron chi connectivity index (χ2n) is 1.52. The van der Waals surface area contributed by atoms with Crippen LogP contribution in [0, 0.1) is 0 Å². The van der Waals surface area contributed by atoms with E-state index in [1.54, 1.807) is 0 Å². The Kier molecular flexibility index (Phi) is 5.15. The van der Waals surface area contributed by atoms with Crippen LogP contribution in [-0.4, -0.2) is 24.2 Å². The van der Waals surface area contributed by atoms with E-state index in [1.165, 1.54) is 0 Å². The molecule has 0 fully saturated rings. The van der Waals surface area contributed by atoms with Gasteiger partial charge in [-0.05, 0) is 6.42 Å². The van der Waals surface area contributed by atoms with E-state index in [-0.39, 0.29) is 6.61 Å². The summed E-state index contributed by atoms with van der Waals surface area (Å²) in [5.74, 6) is -0.991. The molecule has 0 aromatic heterocycles. The number of nitrogens with zero attached hydrogens (tertiary/aromatic N) is 1. The highest BCUT2D eigenvalue weighted by Crippen LogP contribution is 1.74. The Bertz CT molecular complexity index is 84.3. The lowest BCUT2D eigenvalue weighted by Gasteiger charge is -1.95. The molecule has 0 spiro atoms. The molecule has 0 bridgehead atoms. The van der Waals surface area contributed by atoms with Crippen molar-refractivity contribution >= 4 is 5.97 Å². The lowest BCUT2D eigenvalue weighted by Crippen LogP contribution is -2.14. The van der Waals surface area contributed by atoms with Gasteiger partial charge in [0.25, 0.3) is 0 Å². The molecular formula is C5H10NO3. The van der Waals surface area contributed by atoms with E-state index < -0.39 is 5.97 Å². The van der Waals surface area contributed by atoms with Crippen LogP contribution in [0.1, 0.15) is 13.3 Å². The highest BCUT2D eigenvalue weighted by molar-refractivity contribution is 5.67. The highest BCUT2D eigenvalue weighted by atomic mass is 16.7. The highest BCUT2D eigenvalue weighted by Gasteiger charge is 1.94. The number of hydroxylamine groups is 1. The van der Waals surface area contributed by atoms with Gasteiger partial charge in [-0.3, -0.25) is 4.84 Å². The summed E-state index contributed by atoms with van der Waals surface area (Å²) < 4.78 is 0. The number of rotatable bonds is 5. The average Bonchev–Trinajstić information content (AvgIpc) is 1.80. The van der Waals surface area contributed by atoms with E-state index in [0.717, 1.165) is 6.42 Å². The van der Waals surface area contributed by atoms with Crippen LogP contribution in [0.3, 0.4) is 0 Å². The number of carbonyl (C=O) groups is 1. The monoisotopic (exact) mass is 132 g/mol. The normalized spacial score (nSPS) is 9.44. The Hall–Kier alpha value is -0.610. The van der Waals surface area contributed by atoms with Crippen LogP contribution < -0.4 is 5.48 Å². The first-order chi connectivity index (χ1) is 4.27. The third-order valence-electron chi connectivity index (χ3n) is 0.594. The minimum absolute atomic E-state index is 0.333. The van der Waals surface area contributed by atoms with Gasteiger partial charge in [0.15, 0.2) is 6.61 Å². The number of aliphatic carboxylic acids is 1. The Balaban J connectivity index is 2.83. The van der Waals surface area contributed by atoms with E-state index in [9.17, 15) is 4.79 Å². The molecule has 0 aromatic carbocycles. The van der Waals surface area contributed by atoms with Crippen LogP contribution in [-0.2, 0) is 9.63 Å². The third kappa shape index (κ3) is 7.39. The molecular weight excluding hydrogens is 122 g/mol. The predicted molar refractivity (Wildman–Crippen MR) is 30.9 cm³/mol. The Morgan fingerprint density at radius 1 is 1.78 bits per heavy atom. The fraction of sp³-hybridized carbons (Fsp3) is 0.800. The SMILES string of the molecule is CCC[N]OCC(=O)O. The van der Waals surface area contributed by atoms with Crippen molar-refractivity contribution in [3.05, 3.63) is 0 Å². The van der Waals surface area contributed by atoms with Crippen molar-refractivity contribution in [2.45, 2.75) is 13.3 Å². The average molecular weight is 132 g/mol. The Morgan fingerprint density at radius 2 is 2.44 bits per heavy atom. The molecule has 0 amide bonds. The van der Waals surface area contributed by atoms with Crippen LogP contribution in [0.25, 0.3) is 0 Å². The molecule has 1 radical (unpaired) electrons. The fourth-order valence-corrected chi connectivity index (χ4v) is 0.257. The first kappa shape index (κ1) is 8.39. The van der Waals surface area contributed by atoms with Gasteiger partial charge >= 0.3 is 5.97 Å². The molecule has 0 aromatic rings. The summed E-state index contributed by atoms with van der Waals surface area (Å²) in [6, 6.07) is 0. The van der Waals surface area contributed by atoms with Gasteiger partial charge < -0.3 is 5.11 Å². The Labute approximate surface area is 53.8 Å². The van der Waals surface area contributed by atoms with E-state index >= 15 is 0 Å². The Morgan fingerprint density at radius 3 is 2.89 bits per heavy atom. The molecule has 0 heterocycles. The lowest BCUT2D eigenvalue weighted by atomic mass is 10.5. The number of hydrogen-bond acceptors (Lipinski definition) is 2. The molecule has 53 valence electrons. The standard InChI is InChI=1S/C5H10NO3/c1-2-3-6-9-4-5(7)8/h2-4H2,1H3,(H,7,8).